The Morgan fingerprint density at radius 3 is 2.23 bits per heavy atom. The lowest BCUT2D eigenvalue weighted by Gasteiger charge is -2.70. The minimum absolute atomic E-state index is 0.00228. The number of carbonyl (C=O) groups excluding carboxylic acids is 3. The Labute approximate surface area is 267 Å². The molecule has 0 aromatic heterocycles. The van der Waals surface area contributed by atoms with Crippen LogP contribution in [0.4, 0.5) is 0 Å². The van der Waals surface area contributed by atoms with Gasteiger partial charge in [0.1, 0.15) is 12.2 Å². The second-order valence-corrected chi connectivity index (χ2v) is 18.5. The van der Waals surface area contributed by atoms with Crippen LogP contribution in [0.5, 0.6) is 0 Å². The van der Waals surface area contributed by atoms with Crippen molar-refractivity contribution in [1.29, 1.82) is 0 Å². The number of ketones is 1. The molecule has 0 bridgehead atoms. The molecule has 246 valence electrons. The second-order valence-electron chi connectivity index (χ2n) is 18.5. The van der Waals surface area contributed by atoms with Gasteiger partial charge in [0.2, 0.25) is 0 Å². The van der Waals surface area contributed by atoms with E-state index in [2.05, 4.69) is 61.5 Å². The van der Waals surface area contributed by atoms with Crippen LogP contribution in [0.15, 0.2) is 11.6 Å². The van der Waals surface area contributed by atoms with Crippen LogP contribution in [0.3, 0.4) is 0 Å². The molecule has 5 fully saturated rings. The predicted molar refractivity (Wildman–Crippen MR) is 172 cm³/mol. The molecule has 44 heavy (non-hydrogen) atoms. The summed E-state index contributed by atoms with van der Waals surface area (Å²) in [6.07, 6.45) is 15.1. The lowest BCUT2D eigenvalue weighted by molar-refractivity contribution is -0.210. The van der Waals surface area contributed by atoms with Crippen LogP contribution >= 0.6 is 0 Å². The number of carbonyl (C=O) groups is 3. The van der Waals surface area contributed by atoms with Gasteiger partial charge in [0.05, 0.1) is 5.41 Å². The summed E-state index contributed by atoms with van der Waals surface area (Å²) in [4.78, 5) is 40.6. The largest absolute Gasteiger partial charge is 0.462 e. The van der Waals surface area contributed by atoms with Gasteiger partial charge in [-0.3, -0.25) is 14.4 Å². The summed E-state index contributed by atoms with van der Waals surface area (Å²) in [5.74, 6) is 1.22. The van der Waals surface area contributed by atoms with Crippen molar-refractivity contribution in [3.63, 3.8) is 0 Å². The Kier molecular flexibility index (Phi) is 7.65. The smallest absolute Gasteiger partial charge is 0.312 e. The van der Waals surface area contributed by atoms with Crippen LogP contribution in [0, 0.1) is 56.2 Å². The maximum Gasteiger partial charge on any atom is 0.312 e. The number of allylic oxidation sites excluding steroid dienone is 2. The van der Waals surface area contributed by atoms with E-state index in [0.717, 1.165) is 77.0 Å². The van der Waals surface area contributed by atoms with Gasteiger partial charge in [-0.25, -0.2) is 0 Å². The third kappa shape index (κ3) is 4.62. The highest BCUT2D eigenvalue weighted by Gasteiger charge is 2.70. The molecule has 6 aliphatic carbocycles. The van der Waals surface area contributed by atoms with Crippen LogP contribution in [0.2, 0.25) is 0 Å². The molecule has 5 saturated carbocycles. The summed E-state index contributed by atoms with van der Waals surface area (Å²) in [5, 5.41) is 0. The van der Waals surface area contributed by atoms with Gasteiger partial charge in [-0.15, -0.1) is 0 Å². The summed E-state index contributed by atoms with van der Waals surface area (Å²) >= 11 is 0. The standard InChI is InChI=1S/C39H60O5/c1-24-11-10-12-26(21-24)44-33(42)36(6)18-17-35(5)19-20-38(8)27(28(35)23-36)22-29(41)32-37(7)15-14-31(43-25(2)40)34(3,4)30(37)13-16-39(32,38)9/h22,24,26,28,30-32H,10-21,23H2,1-9H3. The Morgan fingerprint density at radius 2 is 1.55 bits per heavy atom. The quantitative estimate of drug-likeness (QED) is 0.299. The summed E-state index contributed by atoms with van der Waals surface area (Å²) < 4.78 is 12.2. The van der Waals surface area contributed by atoms with Gasteiger partial charge in [-0.05, 0) is 129 Å². The number of rotatable bonds is 3. The van der Waals surface area contributed by atoms with Crippen LogP contribution in [0.25, 0.3) is 0 Å². The van der Waals surface area contributed by atoms with E-state index in [4.69, 9.17) is 9.47 Å². The van der Waals surface area contributed by atoms with Crippen molar-refractivity contribution in [3.05, 3.63) is 11.6 Å². The molecule has 0 radical (unpaired) electrons. The van der Waals surface area contributed by atoms with Crippen molar-refractivity contribution in [1.82, 2.24) is 0 Å². The van der Waals surface area contributed by atoms with Crippen LogP contribution in [0.1, 0.15) is 146 Å². The first-order chi connectivity index (χ1) is 20.4. The Morgan fingerprint density at radius 1 is 0.841 bits per heavy atom. The molecular weight excluding hydrogens is 548 g/mol. The van der Waals surface area contributed by atoms with E-state index in [0.29, 0.717) is 17.6 Å². The van der Waals surface area contributed by atoms with Gasteiger partial charge >= 0.3 is 11.9 Å². The first-order valence-corrected chi connectivity index (χ1v) is 18.0. The van der Waals surface area contributed by atoms with E-state index in [1.807, 2.05) is 0 Å². The van der Waals surface area contributed by atoms with E-state index in [1.165, 1.54) is 18.9 Å². The molecule has 6 aliphatic rings. The summed E-state index contributed by atoms with van der Waals surface area (Å²) in [5.41, 5.74) is 0.400. The molecule has 11 unspecified atom stereocenters. The Hall–Kier alpha value is -1.65. The van der Waals surface area contributed by atoms with Gasteiger partial charge < -0.3 is 9.47 Å². The number of fused-ring (bicyclic) bond motifs is 7. The van der Waals surface area contributed by atoms with Gasteiger partial charge in [-0.2, -0.15) is 0 Å². The molecule has 0 N–H and O–H groups in total. The molecular formula is C39H60O5. The third-order valence-corrected chi connectivity index (χ3v) is 15.5. The van der Waals surface area contributed by atoms with Gasteiger partial charge in [-0.1, -0.05) is 60.5 Å². The fourth-order valence-electron chi connectivity index (χ4n) is 12.5. The average Bonchev–Trinajstić information content (AvgIpc) is 2.92. The SMILES string of the molecule is CC(=O)OC1CCC2(C)C(CCC3(C)C2C(=O)C=C2C4CC(C)(C(=O)OC5CCCC(C)C5)CCC4(C)CCC23C)C1(C)C. The molecule has 0 aliphatic heterocycles. The summed E-state index contributed by atoms with van der Waals surface area (Å²) in [6, 6.07) is 0. The topological polar surface area (TPSA) is 69.7 Å². The molecule has 0 aromatic rings. The molecule has 0 spiro atoms. The predicted octanol–water partition coefficient (Wildman–Crippen LogP) is 9.02. The first kappa shape index (κ1) is 32.3. The first-order valence-electron chi connectivity index (χ1n) is 18.0. The zero-order valence-electron chi connectivity index (χ0n) is 29.3. The van der Waals surface area contributed by atoms with Crippen molar-refractivity contribution < 1.29 is 23.9 Å². The van der Waals surface area contributed by atoms with Crippen molar-refractivity contribution in [2.24, 2.45) is 56.2 Å². The molecule has 0 aromatic carbocycles. The fourth-order valence-corrected chi connectivity index (χ4v) is 12.5. The normalized spacial score (nSPS) is 49.8. The Bertz CT molecular complexity index is 1250. The molecule has 0 saturated heterocycles. The third-order valence-electron chi connectivity index (χ3n) is 15.5. The maximum atomic E-state index is 14.7. The number of hydrogen-bond donors (Lipinski definition) is 0. The van der Waals surface area contributed by atoms with E-state index >= 15 is 0 Å². The minimum Gasteiger partial charge on any atom is -0.462 e. The zero-order valence-corrected chi connectivity index (χ0v) is 29.3. The number of ether oxygens (including phenoxy) is 2. The van der Waals surface area contributed by atoms with Crippen LogP contribution in [-0.4, -0.2) is 29.9 Å². The van der Waals surface area contributed by atoms with Crippen LogP contribution in [-0.2, 0) is 23.9 Å². The summed E-state index contributed by atoms with van der Waals surface area (Å²) in [6.45, 7) is 20.2. The van der Waals surface area contributed by atoms with Crippen molar-refractivity contribution in [2.75, 3.05) is 0 Å². The monoisotopic (exact) mass is 608 g/mol. The van der Waals surface area contributed by atoms with E-state index < -0.39 is 5.41 Å². The molecule has 5 heteroatoms. The van der Waals surface area contributed by atoms with Crippen LogP contribution < -0.4 is 0 Å². The maximum absolute atomic E-state index is 14.7. The minimum atomic E-state index is -0.506. The molecule has 6 rings (SSSR count). The van der Waals surface area contributed by atoms with E-state index in [-0.39, 0.29) is 63.1 Å². The van der Waals surface area contributed by atoms with Gasteiger partial charge in [0, 0.05) is 18.3 Å². The second kappa shape index (κ2) is 10.4. The van der Waals surface area contributed by atoms with E-state index in [9.17, 15) is 14.4 Å². The average molecular weight is 609 g/mol. The van der Waals surface area contributed by atoms with Crippen molar-refractivity contribution in [3.8, 4) is 0 Å². The lowest BCUT2D eigenvalue weighted by Crippen LogP contribution is -2.66. The molecule has 0 amide bonds. The van der Waals surface area contributed by atoms with Crippen molar-refractivity contribution in [2.45, 2.75) is 158 Å². The highest BCUT2D eigenvalue weighted by Crippen LogP contribution is 2.75. The zero-order chi connectivity index (χ0) is 32.1. The Balaban J connectivity index is 1.32. The molecule has 5 nitrogen and oxygen atoms in total. The highest BCUT2D eigenvalue weighted by molar-refractivity contribution is 5.95. The lowest BCUT2D eigenvalue weighted by atomic mass is 9.33. The van der Waals surface area contributed by atoms with Gasteiger partial charge in [0.25, 0.3) is 0 Å². The molecule has 11 atom stereocenters. The van der Waals surface area contributed by atoms with E-state index in [1.54, 1.807) is 0 Å². The molecule has 0 heterocycles. The van der Waals surface area contributed by atoms with Gasteiger partial charge in [0.15, 0.2) is 5.78 Å². The fraction of sp³-hybridized carbons (Fsp3) is 0.872. The van der Waals surface area contributed by atoms with Crippen molar-refractivity contribution >= 4 is 17.7 Å². The number of esters is 2. The number of hydrogen-bond acceptors (Lipinski definition) is 5. The highest BCUT2D eigenvalue weighted by atomic mass is 16.5. The summed E-state index contributed by atoms with van der Waals surface area (Å²) in [7, 11) is 0.